The minimum atomic E-state index is -0.0228. The Hall–Kier alpha value is -2.04. The van der Waals surface area contributed by atoms with E-state index in [2.05, 4.69) is 5.16 Å². The van der Waals surface area contributed by atoms with Crippen LogP contribution in [-0.2, 0) is 11.4 Å². The number of carbonyl (C=O) groups excluding carboxylic acids is 1. The molecule has 0 atom stereocenters. The number of halogens is 2. The number of carbonyl (C=O) groups is 1. The molecule has 0 bridgehead atoms. The number of nitrogens with zero attached hydrogens (tertiary/aromatic N) is 1. The number of oxime groups is 1. The van der Waals surface area contributed by atoms with Crippen LogP contribution in [0.2, 0.25) is 10.0 Å². The van der Waals surface area contributed by atoms with Gasteiger partial charge in [0.2, 0.25) is 0 Å². The highest BCUT2D eigenvalue weighted by Crippen LogP contribution is 2.22. The molecule has 0 radical (unpaired) electrons. The van der Waals surface area contributed by atoms with Crippen molar-refractivity contribution in [3.05, 3.63) is 63.1 Å². The summed E-state index contributed by atoms with van der Waals surface area (Å²) in [6.45, 7) is 1.68. The molecule has 0 aliphatic rings. The second-order valence-electron chi connectivity index (χ2n) is 4.76. The Bertz CT molecular complexity index is 745. The highest BCUT2D eigenvalue weighted by molar-refractivity contribution is 6.36. The molecule has 0 amide bonds. The van der Waals surface area contributed by atoms with Crippen LogP contribution in [0.3, 0.4) is 0 Å². The number of hydrogen-bond acceptors (Lipinski definition) is 4. The van der Waals surface area contributed by atoms with E-state index in [4.69, 9.17) is 32.8 Å². The zero-order valence-corrected chi connectivity index (χ0v) is 14.2. The summed E-state index contributed by atoms with van der Waals surface area (Å²) in [6, 6.07) is 10.3. The molecular formula is C17H15Cl2NO3. The van der Waals surface area contributed by atoms with Crippen LogP contribution in [-0.4, -0.2) is 19.1 Å². The van der Waals surface area contributed by atoms with E-state index in [1.54, 1.807) is 43.5 Å². The summed E-state index contributed by atoms with van der Waals surface area (Å²) >= 11 is 11.9. The first-order chi connectivity index (χ1) is 11.0. The lowest BCUT2D eigenvalue weighted by Gasteiger charge is -2.08. The van der Waals surface area contributed by atoms with Crippen LogP contribution in [0.4, 0.5) is 0 Å². The molecule has 0 fully saturated rings. The van der Waals surface area contributed by atoms with Gasteiger partial charge in [-0.1, -0.05) is 34.4 Å². The molecule has 120 valence electrons. The van der Waals surface area contributed by atoms with Crippen LogP contribution in [0, 0.1) is 0 Å². The zero-order valence-electron chi connectivity index (χ0n) is 12.7. The molecule has 0 saturated carbocycles. The monoisotopic (exact) mass is 351 g/mol. The quantitative estimate of drug-likeness (QED) is 0.428. The van der Waals surface area contributed by atoms with Gasteiger partial charge in [-0.3, -0.25) is 4.79 Å². The first-order valence-electron chi connectivity index (χ1n) is 6.79. The molecule has 0 heterocycles. The number of rotatable bonds is 6. The minimum Gasteiger partial charge on any atom is -0.496 e. The molecule has 0 aliphatic carbocycles. The Labute approximate surface area is 144 Å². The topological polar surface area (TPSA) is 47.9 Å². The second-order valence-corrected chi connectivity index (χ2v) is 5.60. The number of Topliss-reactive ketones (excluding diaryl/α,β-unsaturated/α-hetero) is 1. The number of ether oxygens (including phenoxy) is 1. The fraction of sp³-hybridized carbons (Fsp3) is 0.176. The summed E-state index contributed by atoms with van der Waals surface area (Å²) in [5, 5.41) is 4.93. The molecule has 0 saturated heterocycles. The third-order valence-corrected chi connectivity index (χ3v) is 3.70. The van der Waals surface area contributed by atoms with Crippen LogP contribution in [0.25, 0.3) is 0 Å². The maximum Gasteiger partial charge on any atom is 0.159 e. The third-order valence-electron chi connectivity index (χ3n) is 3.14. The van der Waals surface area contributed by atoms with E-state index in [1.807, 2.05) is 0 Å². The largest absolute Gasteiger partial charge is 0.496 e. The van der Waals surface area contributed by atoms with Crippen molar-refractivity contribution in [3.63, 3.8) is 0 Å². The predicted molar refractivity (Wildman–Crippen MR) is 91.8 cm³/mol. The van der Waals surface area contributed by atoms with Crippen molar-refractivity contribution in [2.75, 3.05) is 7.11 Å². The lowest BCUT2D eigenvalue weighted by molar-refractivity contribution is 0.101. The van der Waals surface area contributed by atoms with E-state index in [0.717, 1.165) is 5.56 Å². The Morgan fingerprint density at radius 2 is 2.00 bits per heavy atom. The average Bonchev–Trinajstić information content (AvgIpc) is 2.52. The zero-order chi connectivity index (χ0) is 16.8. The van der Waals surface area contributed by atoms with Crippen molar-refractivity contribution < 1.29 is 14.4 Å². The molecule has 0 unspecified atom stereocenters. The number of benzene rings is 2. The highest BCUT2D eigenvalue weighted by Gasteiger charge is 2.07. The molecule has 0 aliphatic heterocycles. The average molecular weight is 352 g/mol. The van der Waals surface area contributed by atoms with Gasteiger partial charge in [-0.2, -0.15) is 0 Å². The number of ketones is 1. The Balaban J connectivity index is 2.07. The van der Waals surface area contributed by atoms with Crippen LogP contribution in [0.5, 0.6) is 5.75 Å². The molecular weight excluding hydrogens is 337 g/mol. The highest BCUT2D eigenvalue weighted by atomic mass is 35.5. The van der Waals surface area contributed by atoms with Crippen molar-refractivity contribution in [1.29, 1.82) is 0 Å². The van der Waals surface area contributed by atoms with E-state index in [9.17, 15) is 4.79 Å². The van der Waals surface area contributed by atoms with Crippen molar-refractivity contribution >= 4 is 35.2 Å². The smallest absolute Gasteiger partial charge is 0.159 e. The second kappa shape index (κ2) is 7.99. The molecule has 6 heteroatoms. The van der Waals surface area contributed by atoms with E-state index in [0.29, 0.717) is 26.9 Å². The number of methoxy groups -OCH3 is 1. The third kappa shape index (κ3) is 4.71. The summed E-state index contributed by atoms with van der Waals surface area (Å²) in [5.41, 5.74) is 2.02. The minimum absolute atomic E-state index is 0.0228. The Morgan fingerprint density at radius 3 is 2.65 bits per heavy atom. The normalized spacial score (nSPS) is 10.8. The van der Waals surface area contributed by atoms with Gasteiger partial charge < -0.3 is 9.57 Å². The van der Waals surface area contributed by atoms with Gasteiger partial charge in [-0.15, -0.1) is 0 Å². The SMILES string of the molecule is COc1ccc(C(C)=O)cc1CO/N=C\c1ccc(Cl)cc1Cl. The Morgan fingerprint density at radius 1 is 1.22 bits per heavy atom. The van der Waals surface area contributed by atoms with Gasteiger partial charge in [0.25, 0.3) is 0 Å². The van der Waals surface area contributed by atoms with Gasteiger partial charge in [-0.05, 0) is 37.3 Å². The van der Waals surface area contributed by atoms with Crippen molar-refractivity contribution in [2.45, 2.75) is 13.5 Å². The Kier molecular flexibility index (Phi) is 6.02. The van der Waals surface area contributed by atoms with Crippen LogP contribution in [0.15, 0.2) is 41.6 Å². The van der Waals surface area contributed by atoms with E-state index < -0.39 is 0 Å². The van der Waals surface area contributed by atoms with Gasteiger partial charge >= 0.3 is 0 Å². The summed E-state index contributed by atoms with van der Waals surface area (Å²) in [5.74, 6) is 0.611. The van der Waals surface area contributed by atoms with E-state index >= 15 is 0 Å². The van der Waals surface area contributed by atoms with Crippen LogP contribution in [0.1, 0.15) is 28.4 Å². The summed E-state index contributed by atoms with van der Waals surface area (Å²) in [6.07, 6.45) is 1.50. The number of hydrogen-bond donors (Lipinski definition) is 0. The van der Waals surface area contributed by atoms with Gasteiger partial charge in [0.05, 0.1) is 18.3 Å². The lowest BCUT2D eigenvalue weighted by Crippen LogP contribution is -1.99. The van der Waals surface area contributed by atoms with Gasteiger partial charge in [-0.25, -0.2) is 0 Å². The molecule has 0 spiro atoms. The fourth-order valence-corrected chi connectivity index (χ4v) is 2.37. The fourth-order valence-electron chi connectivity index (χ4n) is 1.92. The first-order valence-corrected chi connectivity index (χ1v) is 7.55. The molecule has 23 heavy (non-hydrogen) atoms. The predicted octanol–water partition coefficient (Wildman–Crippen LogP) is 4.76. The summed E-state index contributed by atoms with van der Waals surface area (Å²) in [7, 11) is 1.56. The molecule has 0 aromatic heterocycles. The lowest BCUT2D eigenvalue weighted by atomic mass is 10.1. The molecule has 2 aromatic carbocycles. The molecule has 4 nitrogen and oxygen atoms in total. The standard InChI is InChI=1S/C17H15Cl2NO3/c1-11(21)12-4-6-17(22-2)14(7-12)10-23-20-9-13-3-5-15(18)8-16(13)19/h3-9H,10H2,1-2H3/b20-9-. The van der Waals surface area contributed by atoms with E-state index in [1.165, 1.54) is 13.1 Å². The summed E-state index contributed by atoms with van der Waals surface area (Å²) in [4.78, 5) is 16.7. The van der Waals surface area contributed by atoms with Crippen molar-refractivity contribution in [3.8, 4) is 5.75 Å². The molecule has 2 aromatic rings. The van der Waals surface area contributed by atoms with Gasteiger partial charge in [0, 0.05) is 21.7 Å². The van der Waals surface area contributed by atoms with E-state index in [-0.39, 0.29) is 12.4 Å². The molecule has 0 N–H and O–H groups in total. The maximum absolute atomic E-state index is 11.4. The summed E-state index contributed by atoms with van der Waals surface area (Å²) < 4.78 is 5.25. The van der Waals surface area contributed by atoms with Crippen LogP contribution < -0.4 is 4.74 Å². The van der Waals surface area contributed by atoms with Crippen molar-refractivity contribution in [2.24, 2.45) is 5.16 Å². The maximum atomic E-state index is 11.4. The first kappa shape index (κ1) is 17.3. The van der Waals surface area contributed by atoms with Gasteiger partial charge in [0.15, 0.2) is 5.78 Å². The van der Waals surface area contributed by atoms with Gasteiger partial charge in [0.1, 0.15) is 12.4 Å². The van der Waals surface area contributed by atoms with Crippen LogP contribution >= 0.6 is 23.2 Å². The van der Waals surface area contributed by atoms with Crippen molar-refractivity contribution in [1.82, 2.24) is 0 Å². The molecule has 2 rings (SSSR count).